The second-order valence-corrected chi connectivity index (χ2v) is 8.55. The molecule has 1 N–H and O–H groups in total. The van der Waals surface area contributed by atoms with Gasteiger partial charge in [0.2, 0.25) is 5.91 Å². The van der Waals surface area contributed by atoms with E-state index in [1.54, 1.807) is 31.2 Å². The van der Waals surface area contributed by atoms with Crippen LogP contribution < -0.4 is 16.6 Å². The number of amides is 1. The molecule has 1 fully saturated rings. The third kappa shape index (κ3) is 4.23. The van der Waals surface area contributed by atoms with Gasteiger partial charge in [0, 0.05) is 36.7 Å². The molecule has 8 heteroatoms. The molecule has 2 aromatic carbocycles. The van der Waals surface area contributed by atoms with E-state index >= 15 is 0 Å². The summed E-state index contributed by atoms with van der Waals surface area (Å²) in [4.78, 5) is 38.5. The molecule has 7 nitrogen and oxygen atoms in total. The molecule has 0 radical (unpaired) electrons. The summed E-state index contributed by atoms with van der Waals surface area (Å²) < 4.78 is 8.08. The van der Waals surface area contributed by atoms with Gasteiger partial charge in [-0.3, -0.25) is 18.7 Å². The van der Waals surface area contributed by atoms with E-state index in [2.05, 4.69) is 5.32 Å². The monoisotopic (exact) mass is 455 g/mol. The maximum atomic E-state index is 13.0. The lowest BCUT2D eigenvalue weighted by Gasteiger charge is -2.38. The van der Waals surface area contributed by atoms with Crippen LogP contribution in [0.2, 0.25) is 5.02 Å². The van der Waals surface area contributed by atoms with Crippen LogP contribution >= 0.6 is 11.6 Å². The number of carbonyl (C=O) groups is 1. The van der Waals surface area contributed by atoms with Gasteiger partial charge in [-0.15, -0.1) is 0 Å². The Morgan fingerprint density at radius 2 is 1.75 bits per heavy atom. The summed E-state index contributed by atoms with van der Waals surface area (Å²) in [5.74, 6) is -0.279. The Hall–Kier alpha value is -2.90. The van der Waals surface area contributed by atoms with Gasteiger partial charge in [-0.1, -0.05) is 35.9 Å². The van der Waals surface area contributed by atoms with Crippen molar-refractivity contribution in [3.8, 4) is 0 Å². The highest BCUT2D eigenvalue weighted by Crippen LogP contribution is 2.34. The lowest BCUT2D eigenvalue weighted by molar-refractivity contribution is -0.122. The zero-order valence-corrected chi connectivity index (χ0v) is 18.7. The molecule has 0 bridgehead atoms. The molecule has 4 rings (SSSR count). The Morgan fingerprint density at radius 1 is 1.06 bits per heavy atom. The predicted molar refractivity (Wildman–Crippen MR) is 124 cm³/mol. The number of nitrogens with zero attached hydrogens (tertiary/aromatic N) is 2. The molecule has 0 saturated carbocycles. The van der Waals surface area contributed by atoms with Crippen molar-refractivity contribution in [2.75, 3.05) is 19.8 Å². The number of halogens is 1. The van der Waals surface area contributed by atoms with Crippen molar-refractivity contribution < 1.29 is 9.53 Å². The molecule has 0 spiro atoms. The summed E-state index contributed by atoms with van der Waals surface area (Å²) in [6.07, 6.45) is 1.55. The van der Waals surface area contributed by atoms with E-state index in [4.69, 9.17) is 16.3 Å². The quantitative estimate of drug-likeness (QED) is 0.619. The standard InChI is InChI=1S/C24H26ClN3O4/c1-2-27-22(30)19-5-3-4-6-20(19)28(23(27)31)15-21(29)26-16-24(11-13-32-14-12-24)17-7-9-18(25)10-8-17/h3-10H,2,11-16H2,1H3,(H,26,29). The van der Waals surface area contributed by atoms with Crippen molar-refractivity contribution in [3.63, 3.8) is 0 Å². The van der Waals surface area contributed by atoms with Gasteiger partial charge in [-0.05, 0) is 49.6 Å². The molecule has 168 valence electrons. The topological polar surface area (TPSA) is 82.3 Å². The molecule has 2 heterocycles. The van der Waals surface area contributed by atoms with Crippen LogP contribution in [-0.4, -0.2) is 34.8 Å². The molecular formula is C24H26ClN3O4. The zero-order valence-electron chi connectivity index (χ0n) is 18.0. The molecule has 0 aliphatic carbocycles. The fraction of sp³-hybridized carbons (Fsp3) is 0.375. The highest BCUT2D eigenvalue weighted by Gasteiger charge is 2.35. The average molecular weight is 456 g/mol. The van der Waals surface area contributed by atoms with Crippen LogP contribution in [0.5, 0.6) is 0 Å². The molecule has 32 heavy (non-hydrogen) atoms. The molecule has 0 atom stereocenters. The Balaban J connectivity index is 1.60. The van der Waals surface area contributed by atoms with E-state index in [1.807, 2.05) is 24.3 Å². The van der Waals surface area contributed by atoms with Gasteiger partial charge in [0.25, 0.3) is 5.56 Å². The Labute approximate surface area is 190 Å². The van der Waals surface area contributed by atoms with E-state index in [0.29, 0.717) is 35.7 Å². The number of hydrogen-bond acceptors (Lipinski definition) is 4. The lowest BCUT2D eigenvalue weighted by Crippen LogP contribution is -2.47. The van der Waals surface area contributed by atoms with E-state index in [1.165, 1.54) is 4.57 Å². The number of rotatable bonds is 6. The van der Waals surface area contributed by atoms with Crippen LogP contribution in [0.4, 0.5) is 0 Å². The van der Waals surface area contributed by atoms with Crippen molar-refractivity contribution in [2.24, 2.45) is 0 Å². The van der Waals surface area contributed by atoms with E-state index < -0.39 is 5.69 Å². The average Bonchev–Trinajstić information content (AvgIpc) is 2.82. The molecule has 1 aliphatic rings. The van der Waals surface area contributed by atoms with E-state index in [9.17, 15) is 14.4 Å². The van der Waals surface area contributed by atoms with Crippen LogP contribution in [0.3, 0.4) is 0 Å². The maximum absolute atomic E-state index is 13.0. The summed E-state index contributed by atoms with van der Waals surface area (Å²) in [5.41, 5.74) is 0.486. The van der Waals surface area contributed by atoms with Crippen molar-refractivity contribution >= 4 is 28.4 Å². The van der Waals surface area contributed by atoms with Gasteiger partial charge in [0.1, 0.15) is 6.54 Å². The smallest absolute Gasteiger partial charge is 0.331 e. The molecular weight excluding hydrogens is 430 g/mol. The number of para-hydroxylation sites is 1. The molecule has 1 aliphatic heterocycles. The first-order valence-corrected chi connectivity index (χ1v) is 11.2. The fourth-order valence-corrected chi connectivity index (χ4v) is 4.53. The number of nitrogens with one attached hydrogen (secondary N) is 1. The Kier molecular flexibility index (Phi) is 6.48. The first kappa shape index (κ1) is 22.3. The minimum absolute atomic E-state index is 0.160. The highest BCUT2D eigenvalue weighted by molar-refractivity contribution is 6.30. The number of benzene rings is 2. The summed E-state index contributed by atoms with van der Waals surface area (Å²) >= 11 is 6.06. The summed E-state index contributed by atoms with van der Waals surface area (Å²) in [6.45, 7) is 3.48. The van der Waals surface area contributed by atoms with Gasteiger partial charge >= 0.3 is 5.69 Å². The molecule has 3 aromatic rings. The minimum Gasteiger partial charge on any atom is -0.381 e. The largest absolute Gasteiger partial charge is 0.381 e. The van der Waals surface area contributed by atoms with E-state index in [0.717, 1.165) is 23.0 Å². The number of aromatic nitrogens is 2. The van der Waals surface area contributed by atoms with Crippen LogP contribution in [0.25, 0.3) is 10.9 Å². The van der Waals surface area contributed by atoms with Gasteiger partial charge in [0.15, 0.2) is 0 Å². The van der Waals surface area contributed by atoms with Crippen molar-refractivity contribution in [1.82, 2.24) is 14.5 Å². The van der Waals surface area contributed by atoms with Crippen LogP contribution in [-0.2, 0) is 28.0 Å². The maximum Gasteiger partial charge on any atom is 0.331 e. The molecule has 1 amide bonds. The normalized spacial score (nSPS) is 15.6. The van der Waals surface area contributed by atoms with Gasteiger partial charge < -0.3 is 10.1 Å². The summed E-state index contributed by atoms with van der Waals surface area (Å²) in [6, 6.07) is 14.6. The van der Waals surface area contributed by atoms with Gasteiger partial charge in [0.05, 0.1) is 10.9 Å². The van der Waals surface area contributed by atoms with Gasteiger partial charge in [-0.2, -0.15) is 0 Å². The minimum atomic E-state index is -0.482. The predicted octanol–water partition coefficient (Wildman–Crippen LogP) is 2.70. The van der Waals surface area contributed by atoms with Crippen molar-refractivity contribution in [2.45, 2.75) is 38.3 Å². The SMILES string of the molecule is CCn1c(=O)c2ccccc2n(CC(=O)NCC2(c3ccc(Cl)cc3)CCOCC2)c1=O. The van der Waals surface area contributed by atoms with Crippen molar-refractivity contribution in [1.29, 1.82) is 0 Å². The van der Waals surface area contributed by atoms with Crippen LogP contribution in [0.1, 0.15) is 25.3 Å². The fourth-order valence-electron chi connectivity index (χ4n) is 4.40. The van der Waals surface area contributed by atoms with Crippen LogP contribution in [0, 0.1) is 0 Å². The third-order valence-corrected chi connectivity index (χ3v) is 6.53. The summed E-state index contributed by atoms with van der Waals surface area (Å²) in [7, 11) is 0. The lowest BCUT2D eigenvalue weighted by atomic mass is 9.74. The van der Waals surface area contributed by atoms with Crippen LogP contribution in [0.15, 0.2) is 58.1 Å². The number of ether oxygens (including phenoxy) is 1. The molecule has 1 aromatic heterocycles. The van der Waals surface area contributed by atoms with E-state index in [-0.39, 0.29) is 30.0 Å². The number of hydrogen-bond donors (Lipinski definition) is 1. The van der Waals surface area contributed by atoms with Crippen molar-refractivity contribution in [3.05, 3.63) is 80.0 Å². The Bertz CT molecular complexity index is 1240. The van der Waals surface area contributed by atoms with Gasteiger partial charge in [-0.25, -0.2) is 4.79 Å². The number of carbonyl (C=O) groups excluding carboxylic acids is 1. The highest BCUT2D eigenvalue weighted by atomic mass is 35.5. The second-order valence-electron chi connectivity index (χ2n) is 8.11. The Morgan fingerprint density at radius 3 is 2.44 bits per heavy atom. The second kappa shape index (κ2) is 9.30. The first-order chi connectivity index (χ1) is 15.4. The summed E-state index contributed by atoms with van der Waals surface area (Å²) in [5, 5.41) is 4.11. The first-order valence-electron chi connectivity index (χ1n) is 10.8. The molecule has 0 unspecified atom stereocenters. The zero-order chi connectivity index (χ0) is 22.7. The molecule has 1 saturated heterocycles. The third-order valence-electron chi connectivity index (χ3n) is 6.28. The number of fused-ring (bicyclic) bond motifs is 1.